The Balaban J connectivity index is 1.70. The highest BCUT2D eigenvalue weighted by atomic mass is 19.2. The number of aromatic nitrogens is 2. The van der Waals surface area contributed by atoms with Crippen LogP contribution in [-0.4, -0.2) is 54.8 Å². The first-order valence-corrected chi connectivity index (χ1v) is 13.7. The quantitative estimate of drug-likeness (QED) is 0.238. The molecule has 0 aliphatic heterocycles. The van der Waals surface area contributed by atoms with Crippen molar-refractivity contribution in [3.8, 4) is 22.3 Å². The van der Waals surface area contributed by atoms with E-state index in [1.807, 2.05) is 0 Å². The lowest BCUT2D eigenvalue weighted by atomic mass is 9.97. The van der Waals surface area contributed by atoms with Crippen molar-refractivity contribution < 1.29 is 27.8 Å². The van der Waals surface area contributed by atoms with E-state index in [-0.39, 0.29) is 29.8 Å². The molecule has 0 fully saturated rings. The SMILES string of the molecule is CCOC(=O)c1ccc2ccc(-c3cnc4c(c3N(C)C)-c3c(F)c(F)cc(N(C)C(=O)OC(C)(C)C)c3C4)cn2c1=O. The zero-order valence-corrected chi connectivity index (χ0v) is 25.0. The number of pyridine rings is 3. The van der Waals surface area contributed by atoms with Crippen LogP contribution in [0.15, 0.2) is 47.5 Å². The average Bonchev–Trinajstić information content (AvgIpc) is 3.33. The van der Waals surface area contributed by atoms with E-state index in [9.17, 15) is 14.4 Å². The van der Waals surface area contributed by atoms with Gasteiger partial charge in [0, 0.05) is 73.8 Å². The van der Waals surface area contributed by atoms with Crippen molar-refractivity contribution in [2.24, 2.45) is 0 Å². The third kappa shape index (κ3) is 5.19. The number of anilines is 2. The lowest BCUT2D eigenvalue weighted by molar-refractivity contribution is 0.0522. The van der Waals surface area contributed by atoms with Gasteiger partial charge in [0.05, 0.1) is 23.7 Å². The van der Waals surface area contributed by atoms with Gasteiger partial charge in [0.15, 0.2) is 11.6 Å². The van der Waals surface area contributed by atoms with E-state index >= 15 is 8.78 Å². The lowest BCUT2D eigenvalue weighted by Gasteiger charge is -2.26. The maximum atomic E-state index is 15.7. The van der Waals surface area contributed by atoms with Crippen LogP contribution in [0.25, 0.3) is 27.8 Å². The summed E-state index contributed by atoms with van der Waals surface area (Å²) in [6.45, 7) is 6.94. The van der Waals surface area contributed by atoms with Gasteiger partial charge in [-0.25, -0.2) is 18.4 Å². The number of fused-ring (bicyclic) bond motifs is 4. The first-order valence-electron chi connectivity index (χ1n) is 13.7. The van der Waals surface area contributed by atoms with Gasteiger partial charge in [-0.1, -0.05) is 6.07 Å². The number of carbonyl (C=O) groups excluding carboxylic acids is 2. The minimum absolute atomic E-state index is 0.0148. The molecule has 0 saturated carbocycles. The van der Waals surface area contributed by atoms with E-state index in [0.717, 1.165) is 6.07 Å². The van der Waals surface area contributed by atoms with Gasteiger partial charge in [-0.05, 0) is 51.5 Å². The number of amides is 1. The van der Waals surface area contributed by atoms with Gasteiger partial charge in [0.25, 0.3) is 5.56 Å². The fourth-order valence-electron chi connectivity index (χ4n) is 5.31. The molecule has 0 spiro atoms. The van der Waals surface area contributed by atoms with Gasteiger partial charge < -0.3 is 14.4 Å². The normalized spacial score (nSPS) is 12.1. The van der Waals surface area contributed by atoms with Crippen LogP contribution in [0.3, 0.4) is 0 Å². The summed E-state index contributed by atoms with van der Waals surface area (Å²) in [5, 5.41) is 0. The predicted molar refractivity (Wildman–Crippen MR) is 160 cm³/mol. The van der Waals surface area contributed by atoms with Crippen LogP contribution >= 0.6 is 0 Å². The highest BCUT2D eigenvalue weighted by Gasteiger charge is 2.35. The Morgan fingerprint density at radius 2 is 1.77 bits per heavy atom. The number of carbonyl (C=O) groups is 2. The summed E-state index contributed by atoms with van der Waals surface area (Å²) in [5.41, 5.74) is 2.27. The Morgan fingerprint density at radius 1 is 1.07 bits per heavy atom. The zero-order valence-electron chi connectivity index (χ0n) is 25.0. The van der Waals surface area contributed by atoms with Gasteiger partial charge in [-0.3, -0.25) is 19.1 Å². The minimum Gasteiger partial charge on any atom is -0.462 e. The summed E-state index contributed by atoms with van der Waals surface area (Å²) in [6, 6.07) is 7.58. The van der Waals surface area contributed by atoms with Gasteiger partial charge in [0.2, 0.25) is 0 Å². The second-order valence-electron chi connectivity index (χ2n) is 11.5. The fourth-order valence-corrected chi connectivity index (χ4v) is 5.31. The molecule has 224 valence electrons. The molecule has 5 rings (SSSR count). The zero-order chi connectivity index (χ0) is 31.4. The minimum atomic E-state index is -1.11. The van der Waals surface area contributed by atoms with Crippen LogP contribution in [0, 0.1) is 11.6 Å². The van der Waals surface area contributed by atoms with Gasteiger partial charge in [0.1, 0.15) is 11.2 Å². The largest absolute Gasteiger partial charge is 0.462 e. The molecule has 11 heteroatoms. The molecule has 0 unspecified atom stereocenters. The molecule has 1 amide bonds. The van der Waals surface area contributed by atoms with Crippen LogP contribution in [-0.2, 0) is 15.9 Å². The summed E-state index contributed by atoms with van der Waals surface area (Å²) >= 11 is 0. The van der Waals surface area contributed by atoms with Gasteiger partial charge in [-0.15, -0.1) is 0 Å². The van der Waals surface area contributed by atoms with Crippen LogP contribution in [0.2, 0.25) is 0 Å². The van der Waals surface area contributed by atoms with E-state index in [1.54, 1.807) is 77.3 Å². The van der Waals surface area contributed by atoms with E-state index in [1.165, 1.54) is 22.4 Å². The molecule has 1 aliphatic carbocycles. The Kier molecular flexibility index (Phi) is 7.45. The van der Waals surface area contributed by atoms with Crippen LogP contribution in [0.1, 0.15) is 49.3 Å². The summed E-state index contributed by atoms with van der Waals surface area (Å²) in [4.78, 5) is 46.0. The average molecular weight is 591 g/mol. The van der Waals surface area contributed by atoms with Crippen molar-refractivity contribution in [2.75, 3.05) is 37.5 Å². The molecule has 3 aromatic heterocycles. The van der Waals surface area contributed by atoms with Crippen LogP contribution < -0.4 is 15.4 Å². The number of rotatable bonds is 5. The highest BCUT2D eigenvalue weighted by Crippen LogP contribution is 2.50. The van der Waals surface area contributed by atoms with Crippen molar-refractivity contribution in [1.29, 1.82) is 0 Å². The summed E-state index contributed by atoms with van der Waals surface area (Å²) in [6.07, 6.45) is 2.65. The van der Waals surface area contributed by atoms with Crippen LogP contribution in [0.4, 0.5) is 25.0 Å². The van der Waals surface area contributed by atoms with E-state index in [2.05, 4.69) is 4.98 Å². The second kappa shape index (κ2) is 10.8. The molecule has 43 heavy (non-hydrogen) atoms. The van der Waals surface area contributed by atoms with E-state index in [0.29, 0.717) is 39.2 Å². The second-order valence-corrected chi connectivity index (χ2v) is 11.5. The Hall–Kier alpha value is -4.80. The monoisotopic (exact) mass is 590 g/mol. The number of hydrogen-bond donors (Lipinski definition) is 0. The summed E-state index contributed by atoms with van der Waals surface area (Å²) < 4.78 is 42.7. The maximum Gasteiger partial charge on any atom is 0.414 e. The molecule has 9 nitrogen and oxygen atoms in total. The first-order chi connectivity index (χ1) is 20.2. The van der Waals surface area contributed by atoms with Gasteiger partial charge in [-0.2, -0.15) is 0 Å². The molecule has 0 N–H and O–H groups in total. The molecule has 1 aromatic carbocycles. The van der Waals surface area contributed by atoms with Crippen molar-refractivity contribution >= 4 is 29.0 Å². The maximum absolute atomic E-state index is 15.7. The van der Waals surface area contributed by atoms with Crippen molar-refractivity contribution in [1.82, 2.24) is 9.38 Å². The molecular formula is C32H32F2N4O5. The fraction of sp³-hybridized carbons (Fsp3) is 0.312. The number of halogens is 2. The third-order valence-corrected chi connectivity index (χ3v) is 7.16. The number of esters is 1. The van der Waals surface area contributed by atoms with Crippen molar-refractivity contribution in [2.45, 2.75) is 39.7 Å². The van der Waals surface area contributed by atoms with Crippen LogP contribution in [0.5, 0.6) is 0 Å². The molecule has 1 aliphatic rings. The van der Waals surface area contributed by atoms with Crippen molar-refractivity contribution in [3.63, 3.8) is 0 Å². The Bertz CT molecular complexity index is 1860. The van der Waals surface area contributed by atoms with E-state index in [4.69, 9.17) is 9.47 Å². The predicted octanol–water partition coefficient (Wildman–Crippen LogP) is 5.82. The standard InChI is InChI=1S/C32H32F2N4O5/c1-8-42-30(40)19-12-11-18-10-9-17(16-38(18)29(19)39)21-15-35-23-13-20-24(37(7)31(41)43-32(2,3)4)14-22(33)27(34)25(20)26(23)28(21)36(5)6/h9-12,14-16H,8,13H2,1-7H3. The molecule has 4 aromatic rings. The topological polar surface area (TPSA) is 93.4 Å². The highest BCUT2D eigenvalue weighted by molar-refractivity contribution is 5.99. The first kappa shape index (κ1) is 29.7. The summed E-state index contributed by atoms with van der Waals surface area (Å²) in [7, 11) is 5.00. The van der Waals surface area contributed by atoms with Crippen molar-refractivity contribution in [3.05, 3.63) is 81.5 Å². The smallest absolute Gasteiger partial charge is 0.414 e. The Morgan fingerprint density at radius 3 is 2.42 bits per heavy atom. The summed E-state index contributed by atoms with van der Waals surface area (Å²) in [5.74, 6) is -2.89. The van der Waals surface area contributed by atoms with Gasteiger partial charge >= 0.3 is 12.1 Å². The Labute approximate surface area is 247 Å². The molecular weight excluding hydrogens is 558 g/mol. The third-order valence-electron chi connectivity index (χ3n) is 7.16. The number of benzene rings is 1. The molecule has 0 saturated heterocycles. The number of ether oxygens (including phenoxy) is 2. The molecule has 3 heterocycles. The lowest BCUT2D eigenvalue weighted by Crippen LogP contribution is -2.34. The van der Waals surface area contributed by atoms with E-state index < -0.39 is 34.9 Å². The molecule has 0 atom stereocenters. The molecule has 0 bridgehead atoms. The molecule has 0 radical (unpaired) electrons. The number of nitrogens with zero attached hydrogens (tertiary/aromatic N) is 4. The number of hydrogen-bond acceptors (Lipinski definition) is 7.